The van der Waals surface area contributed by atoms with Crippen LogP contribution in [-0.2, 0) is 6.54 Å². The van der Waals surface area contributed by atoms with Gasteiger partial charge in [-0.25, -0.2) is 9.37 Å². The van der Waals surface area contributed by atoms with Gasteiger partial charge in [0.1, 0.15) is 11.3 Å². The second kappa shape index (κ2) is 4.02. The van der Waals surface area contributed by atoms with Gasteiger partial charge in [0.25, 0.3) is 0 Å². The van der Waals surface area contributed by atoms with Crippen LogP contribution in [0.2, 0.25) is 0 Å². The molecule has 3 nitrogen and oxygen atoms in total. The molecule has 2 N–H and O–H groups in total. The van der Waals surface area contributed by atoms with E-state index in [2.05, 4.69) is 25.8 Å². The summed E-state index contributed by atoms with van der Waals surface area (Å²) < 4.78 is 15.6. The summed E-state index contributed by atoms with van der Waals surface area (Å²) in [7, 11) is 0. The van der Waals surface area contributed by atoms with E-state index in [9.17, 15) is 4.39 Å². The highest BCUT2D eigenvalue weighted by molar-refractivity contribution is 5.78. The molecule has 0 aliphatic carbocycles. The van der Waals surface area contributed by atoms with Crippen LogP contribution >= 0.6 is 0 Å². The number of hydrogen-bond acceptors (Lipinski definition) is 2. The number of imidazole rings is 1. The van der Waals surface area contributed by atoms with Gasteiger partial charge >= 0.3 is 0 Å². The summed E-state index contributed by atoms with van der Waals surface area (Å²) in [6.07, 6.45) is 1.00. The Morgan fingerprint density at radius 1 is 1.41 bits per heavy atom. The van der Waals surface area contributed by atoms with Gasteiger partial charge in [-0.3, -0.25) is 0 Å². The number of benzene rings is 1. The SMILES string of the molecule is CCC(C)(C)Cn1c(N)nc2cccc(F)c21. The highest BCUT2D eigenvalue weighted by Gasteiger charge is 2.20. The summed E-state index contributed by atoms with van der Waals surface area (Å²) in [6, 6.07) is 4.88. The van der Waals surface area contributed by atoms with Crippen molar-refractivity contribution in [3.05, 3.63) is 24.0 Å². The topological polar surface area (TPSA) is 43.8 Å². The minimum atomic E-state index is -0.265. The maximum Gasteiger partial charge on any atom is 0.201 e. The number of anilines is 1. The van der Waals surface area contributed by atoms with E-state index in [1.54, 1.807) is 16.7 Å². The van der Waals surface area contributed by atoms with Gasteiger partial charge in [0.15, 0.2) is 0 Å². The highest BCUT2D eigenvalue weighted by atomic mass is 19.1. The zero-order valence-corrected chi connectivity index (χ0v) is 10.5. The fourth-order valence-corrected chi connectivity index (χ4v) is 1.86. The summed E-state index contributed by atoms with van der Waals surface area (Å²) in [5.41, 5.74) is 7.07. The molecule has 1 aromatic carbocycles. The number of para-hydroxylation sites is 1. The van der Waals surface area contributed by atoms with Gasteiger partial charge in [-0.05, 0) is 24.0 Å². The van der Waals surface area contributed by atoms with Crippen molar-refractivity contribution in [2.24, 2.45) is 5.41 Å². The van der Waals surface area contributed by atoms with E-state index in [0.717, 1.165) is 6.42 Å². The molecule has 2 aromatic rings. The van der Waals surface area contributed by atoms with Gasteiger partial charge in [-0.1, -0.05) is 26.8 Å². The average Bonchev–Trinajstić information content (AvgIpc) is 2.56. The van der Waals surface area contributed by atoms with Crippen molar-refractivity contribution in [2.45, 2.75) is 33.7 Å². The lowest BCUT2D eigenvalue weighted by Crippen LogP contribution is -2.20. The van der Waals surface area contributed by atoms with Crippen LogP contribution in [-0.4, -0.2) is 9.55 Å². The molecule has 0 saturated heterocycles. The molecular formula is C13H18FN3. The Bertz CT molecular complexity index is 543. The van der Waals surface area contributed by atoms with E-state index in [0.29, 0.717) is 23.5 Å². The summed E-state index contributed by atoms with van der Waals surface area (Å²) >= 11 is 0. The molecule has 1 aromatic heterocycles. The van der Waals surface area contributed by atoms with Crippen LogP contribution in [0.4, 0.5) is 10.3 Å². The van der Waals surface area contributed by atoms with Crippen LogP contribution in [0, 0.1) is 11.2 Å². The number of nitrogen functional groups attached to an aromatic ring is 1. The number of nitrogens with two attached hydrogens (primary N) is 1. The first kappa shape index (κ1) is 11.9. The van der Waals surface area contributed by atoms with Crippen molar-refractivity contribution in [1.82, 2.24) is 9.55 Å². The van der Waals surface area contributed by atoms with E-state index in [-0.39, 0.29) is 11.2 Å². The Hall–Kier alpha value is -1.58. The van der Waals surface area contributed by atoms with Crippen molar-refractivity contribution in [3.63, 3.8) is 0 Å². The van der Waals surface area contributed by atoms with Crippen molar-refractivity contribution in [3.8, 4) is 0 Å². The van der Waals surface area contributed by atoms with Gasteiger partial charge in [-0.2, -0.15) is 0 Å². The zero-order valence-electron chi connectivity index (χ0n) is 10.5. The fourth-order valence-electron chi connectivity index (χ4n) is 1.86. The molecule has 17 heavy (non-hydrogen) atoms. The molecule has 0 amide bonds. The molecule has 92 valence electrons. The largest absolute Gasteiger partial charge is 0.369 e. The normalized spacial score (nSPS) is 12.2. The maximum atomic E-state index is 13.8. The second-order valence-corrected chi connectivity index (χ2v) is 5.18. The molecule has 0 fully saturated rings. The minimum Gasteiger partial charge on any atom is -0.369 e. The number of rotatable bonds is 3. The smallest absolute Gasteiger partial charge is 0.201 e. The Morgan fingerprint density at radius 2 is 2.12 bits per heavy atom. The van der Waals surface area contributed by atoms with Crippen molar-refractivity contribution in [1.29, 1.82) is 0 Å². The summed E-state index contributed by atoms with van der Waals surface area (Å²) in [6.45, 7) is 7.07. The van der Waals surface area contributed by atoms with Gasteiger partial charge in [0, 0.05) is 6.54 Å². The number of fused-ring (bicyclic) bond motifs is 1. The fraction of sp³-hybridized carbons (Fsp3) is 0.462. The van der Waals surface area contributed by atoms with Crippen molar-refractivity contribution >= 4 is 17.0 Å². The predicted octanol–water partition coefficient (Wildman–Crippen LogP) is 3.19. The van der Waals surface area contributed by atoms with Crippen LogP contribution in [0.25, 0.3) is 11.0 Å². The average molecular weight is 235 g/mol. The first-order valence-corrected chi connectivity index (χ1v) is 5.85. The molecule has 0 spiro atoms. The maximum absolute atomic E-state index is 13.8. The third kappa shape index (κ3) is 2.12. The molecule has 0 bridgehead atoms. The van der Waals surface area contributed by atoms with Crippen molar-refractivity contribution in [2.75, 3.05) is 5.73 Å². The molecular weight excluding hydrogens is 217 g/mol. The van der Waals surface area contributed by atoms with E-state index >= 15 is 0 Å². The van der Waals surface area contributed by atoms with Gasteiger partial charge in [-0.15, -0.1) is 0 Å². The van der Waals surface area contributed by atoms with Crippen molar-refractivity contribution < 1.29 is 4.39 Å². The second-order valence-electron chi connectivity index (χ2n) is 5.18. The number of hydrogen-bond donors (Lipinski definition) is 1. The monoisotopic (exact) mass is 235 g/mol. The standard InChI is InChI=1S/C13H18FN3/c1-4-13(2,3)8-17-11-9(14)6-5-7-10(11)16-12(17)15/h5-7H,4,8H2,1-3H3,(H2,15,16). The van der Waals surface area contributed by atoms with E-state index in [1.807, 2.05) is 0 Å². The third-order valence-electron chi connectivity index (χ3n) is 3.29. The molecule has 4 heteroatoms. The summed E-state index contributed by atoms with van der Waals surface area (Å²) in [5.74, 6) is 0.116. The van der Waals surface area contributed by atoms with Gasteiger partial charge in [0.05, 0.1) is 5.52 Å². The highest BCUT2D eigenvalue weighted by Crippen LogP contribution is 2.28. The first-order valence-electron chi connectivity index (χ1n) is 5.85. The zero-order chi connectivity index (χ0) is 12.6. The lowest BCUT2D eigenvalue weighted by Gasteiger charge is -2.24. The molecule has 0 aliphatic heterocycles. The van der Waals surface area contributed by atoms with Crippen LogP contribution in [0.5, 0.6) is 0 Å². The van der Waals surface area contributed by atoms with E-state index in [4.69, 9.17) is 5.73 Å². The van der Waals surface area contributed by atoms with Crippen LogP contribution in [0.1, 0.15) is 27.2 Å². The molecule has 0 saturated carbocycles. The van der Waals surface area contributed by atoms with Crippen LogP contribution in [0.3, 0.4) is 0 Å². The lowest BCUT2D eigenvalue weighted by molar-refractivity contribution is 0.299. The molecule has 0 atom stereocenters. The van der Waals surface area contributed by atoms with Gasteiger partial charge in [0.2, 0.25) is 5.95 Å². The Labute approximate surface area is 100 Å². The summed E-state index contributed by atoms with van der Waals surface area (Å²) in [4.78, 5) is 4.19. The Morgan fingerprint density at radius 3 is 2.76 bits per heavy atom. The predicted molar refractivity (Wildman–Crippen MR) is 68.2 cm³/mol. The number of nitrogens with zero attached hydrogens (tertiary/aromatic N) is 2. The first-order chi connectivity index (χ1) is 7.94. The Kier molecular flexibility index (Phi) is 2.81. The third-order valence-corrected chi connectivity index (χ3v) is 3.29. The quantitative estimate of drug-likeness (QED) is 0.887. The number of aromatic nitrogens is 2. The van der Waals surface area contributed by atoms with E-state index < -0.39 is 0 Å². The molecule has 2 rings (SSSR count). The molecule has 0 radical (unpaired) electrons. The lowest BCUT2D eigenvalue weighted by atomic mass is 9.90. The Balaban J connectivity index is 2.57. The van der Waals surface area contributed by atoms with Crippen LogP contribution in [0.15, 0.2) is 18.2 Å². The van der Waals surface area contributed by atoms with Gasteiger partial charge < -0.3 is 10.3 Å². The van der Waals surface area contributed by atoms with Crippen LogP contribution < -0.4 is 5.73 Å². The summed E-state index contributed by atoms with van der Waals surface area (Å²) in [5, 5.41) is 0. The molecule has 1 heterocycles. The molecule has 0 aliphatic rings. The van der Waals surface area contributed by atoms with E-state index in [1.165, 1.54) is 6.07 Å². The number of halogens is 1. The molecule has 0 unspecified atom stereocenters. The minimum absolute atomic E-state index is 0.0734.